The van der Waals surface area contributed by atoms with Gasteiger partial charge in [0.05, 0.1) is 11.1 Å². The first-order valence-corrected chi connectivity index (χ1v) is 8.48. The van der Waals surface area contributed by atoms with Crippen molar-refractivity contribution in [1.29, 1.82) is 0 Å². The van der Waals surface area contributed by atoms with E-state index in [0.717, 1.165) is 6.07 Å². The summed E-state index contributed by atoms with van der Waals surface area (Å²) >= 11 is 3.09. The first-order valence-electron chi connectivity index (χ1n) is 7.69. The summed E-state index contributed by atoms with van der Waals surface area (Å²) in [4.78, 5) is 11.8. The highest BCUT2D eigenvalue weighted by atomic mass is 79.9. The Hall–Kier alpha value is -2.15. The molecule has 0 spiro atoms. The van der Waals surface area contributed by atoms with Gasteiger partial charge in [-0.15, -0.1) is 0 Å². The molecule has 1 unspecified atom stereocenters. The topological polar surface area (TPSA) is 55.8 Å². The van der Waals surface area contributed by atoms with E-state index in [4.69, 9.17) is 9.47 Å². The van der Waals surface area contributed by atoms with E-state index in [2.05, 4.69) is 15.9 Å². The molecular formula is C18H17BrF2O4. The average molecular weight is 415 g/mol. The minimum Gasteiger partial charge on any atom is -0.508 e. The molecule has 2 aromatic carbocycles. The number of phenolic OH excluding ortho intramolecular Hbond substituents is 1. The van der Waals surface area contributed by atoms with Gasteiger partial charge < -0.3 is 14.6 Å². The number of aromatic hydroxyl groups is 1. The van der Waals surface area contributed by atoms with Crippen LogP contribution in [0.2, 0.25) is 0 Å². The lowest BCUT2D eigenvalue weighted by molar-refractivity contribution is -0.151. The normalized spacial score (nSPS) is 11.9. The van der Waals surface area contributed by atoms with Crippen molar-refractivity contribution in [1.82, 2.24) is 0 Å². The molecule has 1 atom stereocenters. The van der Waals surface area contributed by atoms with Gasteiger partial charge in [-0.3, -0.25) is 0 Å². The number of hydrogen-bond donors (Lipinski definition) is 1. The number of carbonyl (C=O) groups excluding carboxylic acids is 1. The molecular weight excluding hydrogens is 398 g/mol. The lowest BCUT2D eigenvalue weighted by Crippen LogP contribution is -2.29. The molecule has 2 aromatic rings. The minimum absolute atomic E-state index is 0.0288. The Balaban J connectivity index is 2.42. The smallest absolute Gasteiger partial charge is 0.347 e. The second-order valence-corrected chi connectivity index (χ2v) is 5.97. The predicted molar refractivity (Wildman–Crippen MR) is 92.5 cm³/mol. The molecule has 0 aliphatic heterocycles. The Bertz CT molecular complexity index is 780. The second kappa shape index (κ2) is 8.29. The first kappa shape index (κ1) is 19.2. The summed E-state index contributed by atoms with van der Waals surface area (Å²) in [7, 11) is 0. The highest BCUT2D eigenvalue weighted by Gasteiger charge is 2.26. The van der Waals surface area contributed by atoms with Crippen molar-refractivity contribution in [3.05, 3.63) is 46.4 Å². The Morgan fingerprint density at radius 1 is 1.28 bits per heavy atom. The van der Waals surface area contributed by atoms with Gasteiger partial charge >= 0.3 is 5.97 Å². The molecule has 0 fully saturated rings. The van der Waals surface area contributed by atoms with Crippen LogP contribution in [0.1, 0.15) is 20.3 Å². The number of ether oxygens (including phenoxy) is 2. The van der Waals surface area contributed by atoms with Gasteiger partial charge in [0.25, 0.3) is 0 Å². The van der Waals surface area contributed by atoms with Crippen molar-refractivity contribution >= 4 is 21.9 Å². The SMILES string of the molecule is CCOC(=O)C(CC)Oc1c(F)cc(-c2cccc(O)c2)c(Br)c1F. The van der Waals surface area contributed by atoms with Gasteiger partial charge in [-0.1, -0.05) is 19.1 Å². The summed E-state index contributed by atoms with van der Waals surface area (Å²) in [6, 6.07) is 7.08. The zero-order valence-corrected chi connectivity index (χ0v) is 15.3. The van der Waals surface area contributed by atoms with Gasteiger partial charge in [0.2, 0.25) is 0 Å². The Kier molecular flexibility index (Phi) is 6.36. The number of halogens is 3. The van der Waals surface area contributed by atoms with Crippen LogP contribution in [-0.2, 0) is 9.53 Å². The Labute approximate surface area is 152 Å². The molecule has 134 valence electrons. The molecule has 0 aromatic heterocycles. The summed E-state index contributed by atoms with van der Waals surface area (Å²) in [6.45, 7) is 3.42. The van der Waals surface area contributed by atoms with E-state index in [-0.39, 0.29) is 28.8 Å². The van der Waals surface area contributed by atoms with Crippen LogP contribution in [0.3, 0.4) is 0 Å². The molecule has 0 radical (unpaired) electrons. The van der Waals surface area contributed by atoms with E-state index in [9.17, 15) is 18.7 Å². The quantitative estimate of drug-likeness (QED) is 0.543. The summed E-state index contributed by atoms with van der Waals surface area (Å²) in [5.74, 6) is -3.30. The van der Waals surface area contributed by atoms with Gasteiger partial charge in [-0.25, -0.2) is 13.6 Å². The minimum atomic E-state index is -1.11. The van der Waals surface area contributed by atoms with Gasteiger partial charge in [-0.05, 0) is 53.0 Å². The summed E-state index contributed by atoms with van der Waals surface area (Å²) in [5, 5.41) is 9.54. The highest BCUT2D eigenvalue weighted by Crippen LogP contribution is 2.38. The zero-order chi connectivity index (χ0) is 18.6. The van der Waals surface area contributed by atoms with Crippen LogP contribution in [0.25, 0.3) is 11.1 Å². The van der Waals surface area contributed by atoms with Crippen LogP contribution in [0.5, 0.6) is 11.5 Å². The van der Waals surface area contributed by atoms with E-state index in [1.807, 2.05) is 0 Å². The standard InChI is InChI=1S/C18H17BrF2O4/c1-3-14(18(23)24-4-2)25-17-13(20)9-12(15(19)16(17)21)10-6-5-7-11(22)8-10/h5-9,14,22H,3-4H2,1-2H3. The monoisotopic (exact) mass is 414 g/mol. The third-order valence-corrected chi connectivity index (χ3v) is 4.23. The number of benzene rings is 2. The van der Waals surface area contributed by atoms with Crippen LogP contribution in [0, 0.1) is 11.6 Å². The summed E-state index contributed by atoms with van der Waals surface area (Å²) in [5.41, 5.74) is 0.635. The van der Waals surface area contributed by atoms with Gasteiger partial charge in [-0.2, -0.15) is 0 Å². The molecule has 7 heteroatoms. The van der Waals surface area contributed by atoms with Crippen molar-refractivity contribution in [2.45, 2.75) is 26.4 Å². The van der Waals surface area contributed by atoms with Crippen LogP contribution >= 0.6 is 15.9 Å². The first-order chi connectivity index (χ1) is 11.9. The molecule has 0 heterocycles. The molecule has 0 amide bonds. The number of carbonyl (C=O) groups is 1. The largest absolute Gasteiger partial charge is 0.508 e. The van der Waals surface area contributed by atoms with Gasteiger partial charge in [0.1, 0.15) is 5.75 Å². The van der Waals surface area contributed by atoms with Crippen LogP contribution < -0.4 is 4.74 Å². The molecule has 0 aliphatic rings. The molecule has 0 aliphatic carbocycles. The predicted octanol–water partition coefficient (Wildman–Crippen LogP) is 4.82. The molecule has 0 saturated carbocycles. The average Bonchev–Trinajstić information content (AvgIpc) is 2.58. The Morgan fingerprint density at radius 3 is 2.60 bits per heavy atom. The second-order valence-electron chi connectivity index (χ2n) is 5.18. The van der Waals surface area contributed by atoms with Crippen LogP contribution in [-0.4, -0.2) is 23.8 Å². The summed E-state index contributed by atoms with van der Waals surface area (Å²) in [6.07, 6.45) is -0.911. The van der Waals surface area contributed by atoms with E-state index in [0.29, 0.717) is 5.56 Å². The maximum atomic E-state index is 14.6. The lowest BCUT2D eigenvalue weighted by atomic mass is 10.0. The molecule has 0 saturated heterocycles. The van der Waals surface area contributed by atoms with E-state index >= 15 is 0 Å². The van der Waals surface area contributed by atoms with E-state index in [1.165, 1.54) is 12.1 Å². The Morgan fingerprint density at radius 2 is 2.00 bits per heavy atom. The summed E-state index contributed by atoms with van der Waals surface area (Å²) < 4.78 is 39.1. The number of phenols is 1. The maximum absolute atomic E-state index is 14.6. The fraction of sp³-hybridized carbons (Fsp3) is 0.278. The van der Waals surface area contributed by atoms with Crippen molar-refractivity contribution in [3.8, 4) is 22.6 Å². The molecule has 0 bridgehead atoms. The molecule has 25 heavy (non-hydrogen) atoms. The molecule has 1 N–H and O–H groups in total. The third kappa shape index (κ3) is 4.28. The van der Waals surface area contributed by atoms with Crippen LogP contribution in [0.4, 0.5) is 8.78 Å². The number of esters is 1. The van der Waals surface area contributed by atoms with Crippen molar-refractivity contribution in [2.75, 3.05) is 6.61 Å². The fourth-order valence-electron chi connectivity index (χ4n) is 2.25. The van der Waals surface area contributed by atoms with Crippen molar-refractivity contribution in [3.63, 3.8) is 0 Å². The number of rotatable bonds is 6. The number of hydrogen-bond acceptors (Lipinski definition) is 4. The van der Waals surface area contributed by atoms with Gasteiger partial charge in [0.15, 0.2) is 23.5 Å². The van der Waals surface area contributed by atoms with Crippen LogP contribution in [0.15, 0.2) is 34.8 Å². The maximum Gasteiger partial charge on any atom is 0.347 e. The lowest BCUT2D eigenvalue weighted by Gasteiger charge is -2.18. The zero-order valence-electron chi connectivity index (χ0n) is 13.7. The van der Waals surface area contributed by atoms with Crippen molar-refractivity contribution < 1.29 is 28.2 Å². The molecule has 4 nitrogen and oxygen atoms in total. The van der Waals surface area contributed by atoms with Gasteiger partial charge in [0, 0.05) is 5.56 Å². The third-order valence-electron chi connectivity index (χ3n) is 3.45. The fourth-order valence-corrected chi connectivity index (χ4v) is 2.77. The molecule has 2 rings (SSSR count). The highest BCUT2D eigenvalue weighted by molar-refractivity contribution is 9.10. The van der Waals surface area contributed by atoms with E-state index < -0.39 is 29.5 Å². The van der Waals surface area contributed by atoms with E-state index in [1.54, 1.807) is 26.0 Å². The van der Waals surface area contributed by atoms with Crippen molar-refractivity contribution in [2.24, 2.45) is 0 Å².